The van der Waals surface area contributed by atoms with Crippen LogP contribution in [-0.2, 0) is 19.1 Å². The first-order valence-corrected chi connectivity index (χ1v) is 7.78. The number of nitrogens with zero attached hydrogens (tertiary/aromatic N) is 1. The third-order valence-corrected chi connectivity index (χ3v) is 4.29. The van der Waals surface area contributed by atoms with Crippen LogP contribution in [0, 0.1) is 11.3 Å². The molecule has 0 spiro atoms. The second-order valence-electron chi connectivity index (χ2n) is 6.31. The summed E-state index contributed by atoms with van der Waals surface area (Å²) in [5, 5.41) is 0. The summed E-state index contributed by atoms with van der Waals surface area (Å²) in [7, 11) is 1.66. The molecule has 21 heavy (non-hydrogen) atoms. The monoisotopic (exact) mass is 299 g/mol. The molecule has 0 saturated heterocycles. The molecule has 1 aliphatic rings. The summed E-state index contributed by atoms with van der Waals surface area (Å²) < 4.78 is 10.1. The van der Waals surface area contributed by atoms with Crippen molar-refractivity contribution in [3.63, 3.8) is 0 Å². The van der Waals surface area contributed by atoms with Gasteiger partial charge in [-0.2, -0.15) is 0 Å². The highest BCUT2D eigenvalue weighted by Crippen LogP contribution is 2.35. The van der Waals surface area contributed by atoms with Crippen molar-refractivity contribution in [3.8, 4) is 0 Å². The maximum atomic E-state index is 12.5. The molecule has 1 fully saturated rings. The van der Waals surface area contributed by atoms with Crippen LogP contribution in [0.5, 0.6) is 0 Å². The van der Waals surface area contributed by atoms with Gasteiger partial charge in [0.2, 0.25) is 0 Å². The Labute approximate surface area is 128 Å². The first-order valence-electron chi connectivity index (χ1n) is 7.78. The number of carbonyl (C=O) groups excluding carboxylic acids is 2. The van der Waals surface area contributed by atoms with Crippen LogP contribution in [0.3, 0.4) is 0 Å². The van der Waals surface area contributed by atoms with Gasteiger partial charge in [-0.3, -0.25) is 14.5 Å². The highest BCUT2D eigenvalue weighted by atomic mass is 16.5. The maximum absolute atomic E-state index is 12.5. The van der Waals surface area contributed by atoms with Crippen molar-refractivity contribution in [2.24, 2.45) is 11.3 Å². The van der Waals surface area contributed by atoms with E-state index in [1.165, 1.54) is 12.8 Å². The van der Waals surface area contributed by atoms with Crippen LogP contribution < -0.4 is 0 Å². The van der Waals surface area contributed by atoms with E-state index in [4.69, 9.17) is 9.47 Å². The zero-order valence-corrected chi connectivity index (χ0v) is 14.0. The fraction of sp³-hybridized carbons (Fsp3) is 0.875. The molecule has 1 aliphatic carbocycles. The second kappa shape index (κ2) is 7.90. The largest absolute Gasteiger partial charge is 0.465 e. The van der Waals surface area contributed by atoms with Gasteiger partial charge in [-0.1, -0.05) is 0 Å². The number of ether oxygens (including phenoxy) is 2. The molecular weight excluding hydrogens is 270 g/mol. The van der Waals surface area contributed by atoms with Crippen LogP contribution in [0.25, 0.3) is 0 Å². The Bertz CT molecular complexity index is 363. The number of ketones is 1. The Morgan fingerprint density at radius 2 is 1.95 bits per heavy atom. The highest BCUT2D eigenvalue weighted by molar-refractivity contribution is 6.03. The molecule has 0 aromatic carbocycles. The molecule has 5 nitrogen and oxygen atoms in total. The minimum Gasteiger partial charge on any atom is -0.465 e. The Kier molecular flexibility index (Phi) is 6.81. The van der Waals surface area contributed by atoms with Crippen molar-refractivity contribution in [2.45, 2.75) is 46.6 Å². The van der Waals surface area contributed by atoms with Gasteiger partial charge in [0.1, 0.15) is 5.41 Å². The lowest BCUT2D eigenvalue weighted by molar-refractivity contribution is -0.158. The van der Waals surface area contributed by atoms with Gasteiger partial charge < -0.3 is 9.47 Å². The zero-order valence-electron chi connectivity index (χ0n) is 14.0. The predicted octanol–water partition coefficient (Wildman–Crippen LogP) is 1.89. The van der Waals surface area contributed by atoms with Crippen LogP contribution in [0.2, 0.25) is 0 Å². The lowest BCUT2D eigenvalue weighted by Gasteiger charge is -2.31. The van der Waals surface area contributed by atoms with E-state index in [-0.39, 0.29) is 12.3 Å². The van der Waals surface area contributed by atoms with Gasteiger partial charge in [0, 0.05) is 19.7 Å². The number of hydrogen-bond donors (Lipinski definition) is 0. The van der Waals surface area contributed by atoms with Crippen LogP contribution in [0.15, 0.2) is 0 Å². The summed E-state index contributed by atoms with van der Waals surface area (Å²) in [6, 6.07) is 0.349. The van der Waals surface area contributed by atoms with Gasteiger partial charge in [0.05, 0.1) is 19.8 Å². The molecule has 1 rings (SSSR count). The van der Waals surface area contributed by atoms with Gasteiger partial charge in [0.25, 0.3) is 0 Å². The minimum absolute atomic E-state index is 0.0930. The summed E-state index contributed by atoms with van der Waals surface area (Å²) in [6.45, 7) is 9.04. The second-order valence-corrected chi connectivity index (χ2v) is 6.31. The van der Waals surface area contributed by atoms with Crippen LogP contribution >= 0.6 is 0 Å². The third-order valence-electron chi connectivity index (χ3n) is 4.29. The van der Waals surface area contributed by atoms with Crippen LogP contribution in [0.4, 0.5) is 0 Å². The minimum atomic E-state index is -1.09. The molecule has 0 aromatic rings. The third kappa shape index (κ3) is 5.08. The van der Waals surface area contributed by atoms with Gasteiger partial charge >= 0.3 is 5.97 Å². The van der Waals surface area contributed by atoms with Gasteiger partial charge in [-0.15, -0.1) is 0 Å². The predicted molar refractivity (Wildman–Crippen MR) is 81.1 cm³/mol. The quantitative estimate of drug-likeness (QED) is 0.455. The van der Waals surface area contributed by atoms with Crippen molar-refractivity contribution in [3.05, 3.63) is 0 Å². The fourth-order valence-corrected chi connectivity index (χ4v) is 2.32. The van der Waals surface area contributed by atoms with E-state index in [2.05, 4.69) is 11.8 Å². The number of carbonyl (C=O) groups is 2. The van der Waals surface area contributed by atoms with Gasteiger partial charge in [-0.25, -0.2) is 0 Å². The molecule has 0 N–H and O–H groups in total. The summed E-state index contributed by atoms with van der Waals surface area (Å²) in [5.74, 6) is 0.130. The molecule has 0 amide bonds. The topological polar surface area (TPSA) is 55.8 Å². The van der Waals surface area contributed by atoms with E-state index in [0.717, 1.165) is 0 Å². The van der Waals surface area contributed by atoms with Crippen LogP contribution in [-0.4, -0.2) is 56.1 Å². The van der Waals surface area contributed by atoms with Gasteiger partial charge in [-0.05, 0) is 46.5 Å². The lowest BCUT2D eigenvalue weighted by atomic mass is 9.87. The fourth-order valence-electron chi connectivity index (χ4n) is 2.32. The van der Waals surface area contributed by atoms with E-state index in [1.54, 1.807) is 27.9 Å². The van der Waals surface area contributed by atoms with Crippen LogP contribution in [0.1, 0.15) is 40.5 Å². The van der Waals surface area contributed by atoms with Crippen molar-refractivity contribution in [1.29, 1.82) is 0 Å². The Balaban J connectivity index is 2.67. The molecule has 1 saturated carbocycles. The molecule has 0 heterocycles. The highest BCUT2D eigenvalue weighted by Gasteiger charge is 2.40. The first kappa shape index (κ1) is 18.1. The Morgan fingerprint density at radius 3 is 2.43 bits per heavy atom. The Hall–Kier alpha value is -0.940. The first-order chi connectivity index (χ1) is 9.84. The van der Waals surface area contributed by atoms with Gasteiger partial charge in [0.15, 0.2) is 5.78 Å². The van der Waals surface area contributed by atoms with E-state index < -0.39 is 11.4 Å². The summed E-state index contributed by atoms with van der Waals surface area (Å²) >= 11 is 0. The summed E-state index contributed by atoms with van der Waals surface area (Å²) in [5.41, 5.74) is -1.09. The van der Waals surface area contributed by atoms with Crippen molar-refractivity contribution >= 4 is 11.8 Å². The Morgan fingerprint density at radius 1 is 1.33 bits per heavy atom. The molecule has 1 unspecified atom stereocenters. The average Bonchev–Trinajstić information content (AvgIpc) is 3.27. The van der Waals surface area contributed by atoms with Crippen molar-refractivity contribution in [1.82, 2.24) is 4.90 Å². The van der Waals surface area contributed by atoms with E-state index in [9.17, 15) is 9.59 Å². The number of esters is 1. The van der Waals surface area contributed by atoms with E-state index in [1.807, 2.05) is 0 Å². The molecule has 0 bridgehead atoms. The maximum Gasteiger partial charge on any atom is 0.319 e. The molecule has 0 aromatic heterocycles. The molecule has 5 heteroatoms. The molecule has 0 radical (unpaired) electrons. The molecule has 0 aliphatic heterocycles. The number of rotatable bonds is 10. The van der Waals surface area contributed by atoms with Crippen molar-refractivity contribution < 1.29 is 19.1 Å². The molecule has 122 valence electrons. The molecule has 1 atom stereocenters. The van der Waals surface area contributed by atoms with Crippen molar-refractivity contribution in [2.75, 3.05) is 33.4 Å². The zero-order chi connectivity index (χ0) is 16.0. The van der Waals surface area contributed by atoms with E-state index >= 15 is 0 Å². The number of Topliss-reactive ketones (excluding diaryl/α,β-unsaturated/α-hetero) is 1. The van der Waals surface area contributed by atoms with E-state index in [0.29, 0.717) is 31.7 Å². The molecular formula is C16H29NO4. The normalized spacial score (nSPS) is 16.9. The average molecular weight is 299 g/mol. The number of hydrogen-bond acceptors (Lipinski definition) is 5. The SMILES string of the molecule is CCOC(=O)C(C)(C)C(=O)CN(CCOC)C(C)C1CC1. The summed E-state index contributed by atoms with van der Waals surface area (Å²) in [4.78, 5) is 26.6. The number of methoxy groups -OCH3 is 1. The lowest BCUT2D eigenvalue weighted by Crippen LogP contribution is -2.46. The summed E-state index contributed by atoms with van der Waals surface area (Å²) in [6.07, 6.45) is 2.44. The smallest absolute Gasteiger partial charge is 0.319 e. The standard InChI is InChI=1S/C16H29NO4/c1-6-21-15(19)16(3,4)14(18)11-17(9-10-20-5)12(2)13-7-8-13/h12-13H,6-11H2,1-5H3.